The quantitative estimate of drug-likeness (QED) is 0.667. The van der Waals surface area contributed by atoms with E-state index in [4.69, 9.17) is 16.0 Å². The van der Waals surface area contributed by atoms with E-state index in [1.54, 1.807) is 6.20 Å². The summed E-state index contributed by atoms with van der Waals surface area (Å²) in [5.41, 5.74) is 3.49. The lowest BCUT2D eigenvalue weighted by Crippen LogP contribution is -2.39. The molecule has 1 amide bonds. The molecule has 7 heteroatoms. The fraction of sp³-hybridized carbons (Fsp3) is 0.409. The highest BCUT2D eigenvalue weighted by Gasteiger charge is 2.30. The van der Waals surface area contributed by atoms with Crippen LogP contribution in [0.5, 0.6) is 0 Å². The zero-order valence-electron chi connectivity index (χ0n) is 16.7. The van der Waals surface area contributed by atoms with E-state index in [2.05, 4.69) is 22.1 Å². The number of carbonyl (C=O) groups is 1. The SMILES string of the molecule is CCc1[nH]nc(C(=O)N2CCCC(c3ncc(Cc4ccccc4Cl)o3)C2)c1C. The van der Waals surface area contributed by atoms with Gasteiger partial charge in [0.05, 0.1) is 12.1 Å². The van der Waals surface area contributed by atoms with Gasteiger partial charge in [-0.1, -0.05) is 36.7 Å². The molecule has 1 unspecified atom stereocenters. The lowest BCUT2D eigenvalue weighted by Gasteiger charge is -2.31. The van der Waals surface area contributed by atoms with Gasteiger partial charge in [-0.2, -0.15) is 5.10 Å². The van der Waals surface area contributed by atoms with E-state index in [1.807, 2.05) is 36.1 Å². The Balaban J connectivity index is 1.46. The molecule has 1 aliphatic rings. The molecule has 1 N–H and O–H groups in total. The third-order valence-electron chi connectivity index (χ3n) is 5.62. The number of nitrogens with zero attached hydrogens (tertiary/aromatic N) is 3. The Labute approximate surface area is 175 Å². The molecule has 0 radical (unpaired) electrons. The van der Waals surface area contributed by atoms with Crippen molar-refractivity contribution in [1.29, 1.82) is 0 Å². The minimum atomic E-state index is -0.0222. The van der Waals surface area contributed by atoms with Crippen LogP contribution in [0.2, 0.25) is 5.02 Å². The van der Waals surface area contributed by atoms with Crippen molar-refractivity contribution >= 4 is 17.5 Å². The predicted molar refractivity (Wildman–Crippen MR) is 111 cm³/mol. The van der Waals surface area contributed by atoms with E-state index in [1.165, 1.54) is 0 Å². The fourth-order valence-corrected chi connectivity index (χ4v) is 4.12. The maximum atomic E-state index is 13.0. The first-order valence-corrected chi connectivity index (χ1v) is 10.5. The molecule has 0 aliphatic carbocycles. The number of aromatic amines is 1. The van der Waals surface area contributed by atoms with Gasteiger partial charge in [0, 0.05) is 35.8 Å². The van der Waals surface area contributed by atoms with Gasteiger partial charge in [-0.25, -0.2) is 4.98 Å². The number of hydrogen-bond donors (Lipinski definition) is 1. The first-order valence-electron chi connectivity index (χ1n) is 10.1. The second-order valence-corrected chi connectivity index (χ2v) is 7.96. The molecule has 6 nitrogen and oxygen atoms in total. The Hall–Kier alpha value is -2.60. The number of aromatic nitrogens is 3. The van der Waals surface area contributed by atoms with Crippen LogP contribution < -0.4 is 0 Å². The fourth-order valence-electron chi connectivity index (χ4n) is 3.92. The molecular formula is C22H25ClN4O2. The number of carbonyl (C=O) groups excluding carboxylic acids is 1. The zero-order valence-corrected chi connectivity index (χ0v) is 17.5. The second-order valence-electron chi connectivity index (χ2n) is 7.55. The monoisotopic (exact) mass is 412 g/mol. The summed E-state index contributed by atoms with van der Waals surface area (Å²) in [7, 11) is 0. The lowest BCUT2D eigenvalue weighted by atomic mass is 9.97. The summed E-state index contributed by atoms with van der Waals surface area (Å²) in [5.74, 6) is 1.55. The van der Waals surface area contributed by atoms with Crippen LogP contribution in [-0.2, 0) is 12.8 Å². The van der Waals surface area contributed by atoms with Gasteiger partial charge in [-0.15, -0.1) is 0 Å². The number of aryl methyl sites for hydroxylation is 1. The van der Waals surface area contributed by atoms with Crippen LogP contribution in [0.15, 0.2) is 34.9 Å². The van der Waals surface area contributed by atoms with Crippen molar-refractivity contribution in [2.24, 2.45) is 0 Å². The highest BCUT2D eigenvalue weighted by molar-refractivity contribution is 6.31. The van der Waals surface area contributed by atoms with Crippen molar-refractivity contribution in [2.75, 3.05) is 13.1 Å². The number of oxazole rings is 1. The molecule has 4 rings (SSSR count). The topological polar surface area (TPSA) is 75.0 Å². The number of amides is 1. The Bertz CT molecular complexity index is 1010. The summed E-state index contributed by atoms with van der Waals surface area (Å²) in [4.78, 5) is 19.4. The van der Waals surface area contributed by atoms with Gasteiger partial charge in [0.1, 0.15) is 5.76 Å². The molecule has 1 fully saturated rings. The van der Waals surface area contributed by atoms with Crippen molar-refractivity contribution in [1.82, 2.24) is 20.1 Å². The van der Waals surface area contributed by atoms with E-state index in [0.717, 1.165) is 53.4 Å². The molecule has 1 aliphatic heterocycles. The lowest BCUT2D eigenvalue weighted by molar-refractivity contribution is 0.0691. The third-order valence-corrected chi connectivity index (χ3v) is 5.99. The van der Waals surface area contributed by atoms with Crippen molar-refractivity contribution in [3.63, 3.8) is 0 Å². The normalized spacial score (nSPS) is 16.9. The van der Waals surface area contributed by atoms with Crippen molar-refractivity contribution < 1.29 is 9.21 Å². The molecule has 1 aromatic carbocycles. The first kappa shape index (κ1) is 19.7. The number of benzene rings is 1. The standard InChI is InChI=1S/C22H25ClN4O2/c1-3-19-14(2)20(26-25-19)22(28)27-10-6-8-16(13-27)21-24-12-17(29-21)11-15-7-4-5-9-18(15)23/h4-5,7,9,12,16H,3,6,8,10-11,13H2,1-2H3,(H,25,26). The predicted octanol–water partition coefficient (Wildman–Crippen LogP) is 4.53. The number of nitrogens with one attached hydrogen (secondary N) is 1. The van der Waals surface area contributed by atoms with Gasteiger partial charge in [0.2, 0.25) is 0 Å². The minimum Gasteiger partial charge on any atom is -0.445 e. The molecule has 0 spiro atoms. The van der Waals surface area contributed by atoms with Gasteiger partial charge in [-0.3, -0.25) is 9.89 Å². The summed E-state index contributed by atoms with van der Waals surface area (Å²) >= 11 is 6.25. The van der Waals surface area contributed by atoms with Crippen LogP contribution in [0.25, 0.3) is 0 Å². The molecule has 2 aromatic heterocycles. The Morgan fingerprint density at radius 2 is 2.21 bits per heavy atom. The molecule has 0 bridgehead atoms. The number of piperidine rings is 1. The molecule has 29 heavy (non-hydrogen) atoms. The Morgan fingerprint density at radius 1 is 1.38 bits per heavy atom. The number of H-pyrrole nitrogens is 1. The molecule has 152 valence electrons. The van der Waals surface area contributed by atoms with E-state index in [9.17, 15) is 4.79 Å². The Morgan fingerprint density at radius 3 is 2.97 bits per heavy atom. The highest BCUT2D eigenvalue weighted by Crippen LogP contribution is 2.29. The molecule has 1 atom stereocenters. The van der Waals surface area contributed by atoms with Crippen molar-refractivity contribution in [3.05, 3.63) is 69.7 Å². The van der Waals surface area contributed by atoms with Crippen molar-refractivity contribution in [3.8, 4) is 0 Å². The van der Waals surface area contributed by atoms with Gasteiger partial charge in [-0.05, 0) is 37.8 Å². The smallest absolute Gasteiger partial charge is 0.274 e. The van der Waals surface area contributed by atoms with E-state index in [-0.39, 0.29) is 11.8 Å². The zero-order chi connectivity index (χ0) is 20.4. The molecule has 3 heterocycles. The van der Waals surface area contributed by atoms with E-state index < -0.39 is 0 Å². The summed E-state index contributed by atoms with van der Waals surface area (Å²) in [6, 6.07) is 7.74. The van der Waals surface area contributed by atoms with Gasteiger partial charge >= 0.3 is 0 Å². The van der Waals surface area contributed by atoms with E-state index >= 15 is 0 Å². The van der Waals surface area contributed by atoms with Gasteiger partial charge < -0.3 is 9.32 Å². The average molecular weight is 413 g/mol. The average Bonchev–Trinajstić information content (AvgIpc) is 3.36. The van der Waals surface area contributed by atoms with E-state index in [0.29, 0.717) is 24.6 Å². The highest BCUT2D eigenvalue weighted by atomic mass is 35.5. The maximum absolute atomic E-state index is 13.0. The van der Waals surface area contributed by atoms with Crippen molar-refractivity contribution in [2.45, 2.75) is 45.4 Å². The third kappa shape index (κ3) is 4.08. The number of hydrogen-bond acceptors (Lipinski definition) is 4. The summed E-state index contributed by atoms with van der Waals surface area (Å²) < 4.78 is 6.03. The number of halogens is 1. The van der Waals surface area contributed by atoms with Crippen LogP contribution in [0.3, 0.4) is 0 Å². The number of rotatable bonds is 5. The maximum Gasteiger partial charge on any atom is 0.274 e. The van der Waals surface area contributed by atoms with Gasteiger partial charge in [0.15, 0.2) is 11.6 Å². The molecule has 3 aromatic rings. The number of likely N-dealkylation sites (tertiary alicyclic amines) is 1. The summed E-state index contributed by atoms with van der Waals surface area (Å²) in [6.45, 7) is 5.33. The molecule has 0 saturated carbocycles. The van der Waals surface area contributed by atoms with Crippen LogP contribution in [0.4, 0.5) is 0 Å². The van der Waals surface area contributed by atoms with Crippen LogP contribution >= 0.6 is 11.6 Å². The first-order chi connectivity index (χ1) is 14.1. The summed E-state index contributed by atoms with van der Waals surface area (Å²) in [5, 5.41) is 7.95. The van der Waals surface area contributed by atoms with Crippen LogP contribution in [0, 0.1) is 6.92 Å². The molecule has 1 saturated heterocycles. The second kappa shape index (κ2) is 8.41. The summed E-state index contributed by atoms with van der Waals surface area (Å²) in [6.07, 6.45) is 5.08. The van der Waals surface area contributed by atoms with Crippen LogP contribution in [-0.4, -0.2) is 39.1 Å². The molecular weight excluding hydrogens is 388 g/mol. The largest absolute Gasteiger partial charge is 0.445 e. The van der Waals surface area contributed by atoms with Crippen LogP contribution in [0.1, 0.15) is 64.6 Å². The minimum absolute atomic E-state index is 0.0222. The Kier molecular flexibility index (Phi) is 5.72. The van der Waals surface area contributed by atoms with Gasteiger partial charge in [0.25, 0.3) is 5.91 Å².